The molecule has 0 spiro atoms. The number of ether oxygens (including phenoxy) is 1. The number of anilines is 1. The Labute approximate surface area is 116 Å². The number of benzene rings is 2. The van der Waals surface area contributed by atoms with E-state index in [1.807, 2.05) is 42.5 Å². The highest BCUT2D eigenvalue weighted by molar-refractivity contribution is 5.99. The summed E-state index contributed by atoms with van der Waals surface area (Å²) in [4.78, 5) is 16.0. The highest BCUT2D eigenvalue weighted by atomic mass is 16.6. The second-order valence-corrected chi connectivity index (χ2v) is 4.24. The average molecular weight is 264 g/mol. The predicted octanol–water partition coefficient (Wildman–Crippen LogP) is 3.85. The van der Waals surface area contributed by atoms with Crippen LogP contribution in [0.3, 0.4) is 0 Å². The van der Waals surface area contributed by atoms with Gasteiger partial charge in [-0.05, 0) is 12.1 Å². The van der Waals surface area contributed by atoms with Gasteiger partial charge < -0.3 is 4.74 Å². The molecule has 4 nitrogen and oxygen atoms in total. The molecule has 3 aromatic rings. The topological polar surface area (TPSA) is 51.2 Å². The molecule has 0 aliphatic carbocycles. The first-order valence-electron chi connectivity index (χ1n) is 6.19. The zero-order valence-electron chi connectivity index (χ0n) is 10.6. The van der Waals surface area contributed by atoms with Crippen LogP contribution in [0.25, 0.3) is 10.8 Å². The highest BCUT2D eigenvalue weighted by Crippen LogP contribution is 2.21. The van der Waals surface area contributed by atoms with Crippen LogP contribution in [0.15, 0.2) is 67.0 Å². The molecule has 1 heterocycles. The SMILES string of the molecule is O=C(Nc1cncc2ccccc12)Oc1ccccc1. The maximum Gasteiger partial charge on any atom is 0.417 e. The van der Waals surface area contributed by atoms with Gasteiger partial charge in [0.2, 0.25) is 0 Å². The number of hydrogen-bond donors (Lipinski definition) is 1. The molecular formula is C16H12N2O2. The van der Waals surface area contributed by atoms with Crippen LogP contribution in [-0.2, 0) is 0 Å². The van der Waals surface area contributed by atoms with Crippen molar-refractivity contribution in [1.82, 2.24) is 4.98 Å². The second-order valence-electron chi connectivity index (χ2n) is 4.24. The number of carbonyl (C=O) groups is 1. The standard InChI is InChI=1S/C16H12N2O2/c19-16(20-13-7-2-1-3-8-13)18-15-11-17-10-12-6-4-5-9-14(12)15/h1-11H,(H,18,19). The Hall–Kier alpha value is -2.88. The van der Waals surface area contributed by atoms with Crippen LogP contribution in [0.4, 0.5) is 10.5 Å². The molecule has 0 bridgehead atoms. The summed E-state index contributed by atoms with van der Waals surface area (Å²) in [6, 6.07) is 16.6. The summed E-state index contributed by atoms with van der Waals surface area (Å²) in [6.07, 6.45) is 2.83. The number of hydrogen-bond acceptors (Lipinski definition) is 3. The molecule has 0 unspecified atom stereocenters. The van der Waals surface area contributed by atoms with Crippen molar-refractivity contribution >= 4 is 22.6 Å². The Balaban J connectivity index is 1.81. The van der Waals surface area contributed by atoms with Crippen LogP contribution in [0.5, 0.6) is 5.75 Å². The van der Waals surface area contributed by atoms with Crippen LogP contribution >= 0.6 is 0 Å². The van der Waals surface area contributed by atoms with Crippen LogP contribution in [0.1, 0.15) is 0 Å². The van der Waals surface area contributed by atoms with E-state index in [0.717, 1.165) is 10.8 Å². The first kappa shape index (κ1) is 12.2. The average Bonchev–Trinajstić information content (AvgIpc) is 2.48. The number of carbonyl (C=O) groups excluding carboxylic acids is 1. The molecule has 1 N–H and O–H groups in total. The molecule has 0 aliphatic rings. The minimum atomic E-state index is -0.533. The Kier molecular flexibility index (Phi) is 3.29. The molecular weight excluding hydrogens is 252 g/mol. The van der Waals surface area contributed by atoms with E-state index in [4.69, 9.17) is 4.74 Å². The molecule has 98 valence electrons. The lowest BCUT2D eigenvalue weighted by Gasteiger charge is -2.08. The minimum Gasteiger partial charge on any atom is -0.410 e. The molecule has 0 fully saturated rings. The molecule has 0 aliphatic heterocycles. The van der Waals surface area contributed by atoms with E-state index in [-0.39, 0.29) is 0 Å². The fraction of sp³-hybridized carbons (Fsp3) is 0. The van der Waals surface area contributed by atoms with E-state index in [0.29, 0.717) is 11.4 Å². The van der Waals surface area contributed by atoms with E-state index in [1.54, 1.807) is 24.5 Å². The Morgan fingerprint density at radius 3 is 2.55 bits per heavy atom. The Morgan fingerprint density at radius 2 is 1.70 bits per heavy atom. The molecule has 0 saturated carbocycles. The molecule has 20 heavy (non-hydrogen) atoms. The number of rotatable bonds is 2. The summed E-state index contributed by atoms with van der Waals surface area (Å²) in [6.45, 7) is 0. The first-order valence-corrected chi connectivity index (χ1v) is 6.19. The zero-order chi connectivity index (χ0) is 13.8. The van der Waals surface area contributed by atoms with Crippen molar-refractivity contribution in [3.63, 3.8) is 0 Å². The van der Waals surface area contributed by atoms with E-state index in [9.17, 15) is 4.79 Å². The number of nitrogens with one attached hydrogen (secondary N) is 1. The van der Waals surface area contributed by atoms with Gasteiger partial charge in [0.05, 0.1) is 11.9 Å². The fourth-order valence-corrected chi connectivity index (χ4v) is 1.95. The van der Waals surface area contributed by atoms with Gasteiger partial charge in [-0.1, -0.05) is 42.5 Å². The van der Waals surface area contributed by atoms with Crippen molar-refractivity contribution in [2.45, 2.75) is 0 Å². The van der Waals surface area contributed by atoms with Gasteiger partial charge in [0.1, 0.15) is 5.75 Å². The van der Waals surface area contributed by atoms with Crippen LogP contribution in [0.2, 0.25) is 0 Å². The molecule has 4 heteroatoms. The lowest BCUT2D eigenvalue weighted by molar-refractivity contribution is 0.215. The zero-order valence-corrected chi connectivity index (χ0v) is 10.6. The van der Waals surface area contributed by atoms with E-state index in [2.05, 4.69) is 10.3 Å². The number of nitrogens with zero attached hydrogens (tertiary/aromatic N) is 1. The van der Waals surface area contributed by atoms with Gasteiger partial charge in [-0.3, -0.25) is 10.3 Å². The molecule has 0 atom stereocenters. The van der Waals surface area contributed by atoms with Crippen molar-refractivity contribution in [3.05, 3.63) is 67.0 Å². The van der Waals surface area contributed by atoms with Gasteiger partial charge in [-0.15, -0.1) is 0 Å². The molecule has 1 amide bonds. The van der Waals surface area contributed by atoms with Crippen molar-refractivity contribution < 1.29 is 9.53 Å². The normalized spacial score (nSPS) is 10.2. The monoisotopic (exact) mass is 264 g/mol. The summed E-state index contributed by atoms with van der Waals surface area (Å²) < 4.78 is 5.19. The fourth-order valence-electron chi connectivity index (χ4n) is 1.95. The van der Waals surface area contributed by atoms with E-state index >= 15 is 0 Å². The number of aromatic nitrogens is 1. The lowest BCUT2D eigenvalue weighted by atomic mass is 10.1. The molecule has 3 rings (SSSR count). The van der Waals surface area contributed by atoms with Gasteiger partial charge in [0.25, 0.3) is 0 Å². The third-order valence-electron chi connectivity index (χ3n) is 2.86. The largest absolute Gasteiger partial charge is 0.417 e. The number of fused-ring (bicyclic) bond motifs is 1. The van der Waals surface area contributed by atoms with Crippen molar-refractivity contribution in [3.8, 4) is 5.75 Å². The summed E-state index contributed by atoms with van der Waals surface area (Å²) in [5.41, 5.74) is 0.629. The minimum absolute atomic E-state index is 0.498. The maximum atomic E-state index is 11.9. The smallest absolute Gasteiger partial charge is 0.410 e. The summed E-state index contributed by atoms with van der Waals surface area (Å²) in [7, 11) is 0. The second kappa shape index (κ2) is 5.40. The Morgan fingerprint density at radius 1 is 0.950 bits per heavy atom. The van der Waals surface area contributed by atoms with E-state index in [1.165, 1.54) is 0 Å². The van der Waals surface area contributed by atoms with Crippen molar-refractivity contribution in [1.29, 1.82) is 0 Å². The first-order chi connectivity index (χ1) is 9.83. The van der Waals surface area contributed by atoms with Gasteiger partial charge in [-0.2, -0.15) is 0 Å². The van der Waals surface area contributed by atoms with Crippen LogP contribution in [0, 0.1) is 0 Å². The van der Waals surface area contributed by atoms with Crippen molar-refractivity contribution in [2.24, 2.45) is 0 Å². The van der Waals surface area contributed by atoms with Gasteiger partial charge in [-0.25, -0.2) is 4.79 Å². The highest BCUT2D eigenvalue weighted by Gasteiger charge is 2.07. The lowest BCUT2D eigenvalue weighted by Crippen LogP contribution is -2.17. The van der Waals surface area contributed by atoms with Crippen molar-refractivity contribution in [2.75, 3.05) is 5.32 Å². The maximum absolute atomic E-state index is 11.9. The number of para-hydroxylation sites is 1. The number of amides is 1. The van der Waals surface area contributed by atoms with Gasteiger partial charge >= 0.3 is 6.09 Å². The molecule has 2 aromatic carbocycles. The molecule has 1 aromatic heterocycles. The van der Waals surface area contributed by atoms with Gasteiger partial charge in [0.15, 0.2) is 0 Å². The Bertz CT molecular complexity index is 736. The third kappa shape index (κ3) is 2.59. The quantitative estimate of drug-likeness (QED) is 0.765. The predicted molar refractivity (Wildman–Crippen MR) is 77.8 cm³/mol. The van der Waals surface area contributed by atoms with Crippen LogP contribution in [-0.4, -0.2) is 11.1 Å². The molecule has 0 radical (unpaired) electrons. The summed E-state index contributed by atoms with van der Waals surface area (Å²) in [5.74, 6) is 0.498. The third-order valence-corrected chi connectivity index (χ3v) is 2.86. The number of pyridine rings is 1. The molecule has 0 saturated heterocycles. The summed E-state index contributed by atoms with van der Waals surface area (Å²) in [5, 5.41) is 4.60. The van der Waals surface area contributed by atoms with Crippen LogP contribution < -0.4 is 10.1 Å². The van der Waals surface area contributed by atoms with E-state index < -0.39 is 6.09 Å². The summed E-state index contributed by atoms with van der Waals surface area (Å²) >= 11 is 0. The van der Waals surface area contributed by atoms with Gasteiger partial charge in [0, 0.05) is 17.0 Å².